The molecule has 0 aliphatic carbocycles. The summed E-state index contributed by atoms with van der Waals surface area (Å²) in [5, 5.41) is 10.9. The number of rotatable bonds is 6. The number of carbonyl (C=O) groups is 2. The molecule has 0 saturated heterocycles. The lowest BCUT2D eigenvalue weighted by Crippen LogP contribution is -2.23. The van der Waals surface area contributed by atoms with Gasteiger partial charge in [0.15, 0.2) is 13.2 Å². The van der Waals surface area contributed by atoms with Gasteiger partial charge in [-0.2, -0.15) is 18.4 Å². The molecule has 0 unspecified atom stereocenters. The van der Waals surface area contributed by atoms with E-state index >= 15 is 0 Å². The third-order valence-corrected chi connectivity index (χ3v) is 3.18. The molecular weight excluding hydrogens is 365 g/mol. The number of nitriles is 1. The molecule has 27 heavy (non-hydrogen) atoms. The third-order valence-electron chi connectivity index (χ3n) is 3.18. The van der Waals surface area contributed by atoms with Crippen molar-refractivity contribution in [3.8, 4) is 11.8 Å². The predicted molar refractivity (Wildman–Crippen MR) is 87.7 cm³/mol. The summed E-state index contributed by atoms with van der Waals surface area (Å²) in [5.74, 6) is -1.29. The van der Waals surface area contributed by atoms with E-state index in [0.717, 1.165) is 18.2 Å². The highest BCUT2D eigenvalue weighted by atomic mass is 19.4. The average molecular weight is 378 g/mol. The monoisotopic (exact) mass is 378 g/mol. The van der Waals surface area contributed by atoms with Gasteiger partial charge in [0.25, 0.3) is 5.91 Å². The number of benzene rings is 2. The number of alkyl halides is 3. The summed E-state index contributed by atoms with van der Waals surface area (Å²) in [7, 11) is 0. The smallest absolute Gasteiger partial charge is 0.416 e. The molecule has 6 nitrogen and oxygen atoms in total. The van der Waals surface area contributed by atoms with Gasteiger partial charge in [-0.15, -0.1) is 0 Å². The first-order valence-electron chi connectivity index (χ1n) is 7.53. The van der Waals surface area contributed by atoms with Crippen LogP contribution in [-0.4, -0.2) is 25.1 Å². The van der Waals surface area contributed by atoms with Crippen LogP contribution < -0.4 is 10.1 Å². The van der Waals surface area contributed by atoms with Gasteiger partial charge >= 0.3 is 12.1 Å². The summed E-state index contributed by atoms with van der Waals surface area (Å²) in [5.41, 5.74) is -0.552. The number of nitrogens with one attached hydrogen (secondary N) is 1. The minimum atomic E-state index is -4.53. The van der Waals surface area contributed by atoms with Crippen molar-refractivity contribution in [3.63, 3.8) is 0 Å². The molecule has 0 aromatic heterocycles. The lowest BCUT2D eigenvalue weighted by Gasteiger charge is -2.10. The number of esters is 1. The Hall–Kier alpha value is -3.54. The number of carbonyl (C=O) groups excluding carboxylic acids is 2. The van der Waals surface area contributed by atoms with Gasteiger partial charge in [-0.1, -0.05) is 6.07 Å². The SMILES string of the molecule is N#Cc1ccc(OCC(=O)OCC(=O)Nc2cccc(C(F)(F)F)c2)cc1. The lowest BCUT2D eigenvalue weighted by molar-refractivity contribution is -0.149. The van der Waals surface area contributed by atoms with Crippen LogP contribution in [0.3, 0.4) is 0 Å². The van der Waals surface area contributed by atoms with Crippen LogP contribution >= 0.6 is 0 Å². The topological polar surface area (TPSA) is 88.4 Å². The van der Waals surface area contributed by atoms with Crippen molar-refractivity contribution in [3.05, 3.63) is 59.7 Å². The Labute approximate surface area is 152 Å². The minimum Gasteiger partial charge on any atom is -0.482 e. The van der Waals surface area contributed by atoms with E-state index in [1.165, 1.54) is 30.3 Å². The van der Waals surface area contributed by atoms with Crippen LogP contribution in [0, 0.1) is 11.3 Å². The predicted octanol–water partition coefficient (Wildman–Crippen LogP) is 3.14. The van der Waals surface area contributed by atoms with Gasteiger partial charge in [0.1, 0.15) is 5.75 Å². The van der Waals surface area contributed by atoms with Crippen LogP contribution in [0.2, 0.25) is 0 Å². The number of nitrogens with zero attached hydrogens (tertiary/aromatic N) is 1. The number of hydrogen-bond acceptors (Lipinski definition) is 5. The van der Waals surface area contributed by atoms with Gasteiger partial charge in [0, 0.05) is 5.69 Å². The van der Waals surface area contributed by atoms with Gasteiger partial charge in [0.05, 0.1) is 17.2 Å². The molecule has 2 rings (SSSR count). The maximum atomic E-state index is 12.6. The second-order valence-corrected chi connectivity index (χ2v) is 5.21. The zero-order valence-corrected chi connectivity index (χ0v) is 13.7. The Morgan fingerprint density at radius 2 is 1.78 bits per heavy atom. The largest absolute Gasteiger partial charge is 0.482 e. The molecule has 0 fully saturated rings. The van der Waals surface area contributed by atoms with Gasteiger partial charge in [0.2, 0.25) is 0 Å². The van der Waals surface area contributed by atoms with Crippen molar-refractivity contribution in [1.29, 1.82) is 5.26 Å². The van der Waals surface area contributed by atoms with Crippen molar-refractivity contribution in [2.45, 2.75) is 6.18 Å². The number of ether oxygens (including phenoxy) is 2. The van der Waals surface area contributed by atoms with Crippen molar-refractivity contribution in [2.75, 3.05) is 18.5 Å². The first-order valence-corrected chi connectivity index (χ1v) is 7.53. The van der Waals surface area contributed by atoms with E-state index in [2.05, 4.69) is 10.1 Å². The average Bonchev–Trinajstić information content (AvgIpc) is 2.64. The molecular formula is C18H13F3N2O4. The van der Waals surface area contributed by atoms with Crippen LogP contribution in [0.1, 0.15) is 11.1 Å². The summed E-state index contributed by atoms with van der Waals surface area (Å²) in [6.07, 6.45) is -4.53. The van der Waals surface area contributed by atoms with E-state index in [-0.39, 0.29) is 5.69 Å². The number of anilines is 1. The first kappa shape index (κ1) is 19.8. The molecule has 2 aromatic carbocycles. The molecule has 9 heteroatoms. The second kappa shape index (κ2) is 8.71. The molecule has 0 atom stereocenters. The molecule has 2 aromatic rings. The second-order valence-electron chi connectivity index (χ2n) is 5.21. The Kier molecular flexibility index (Phi) is 6.38. The Morgan fingerprint density at radius 3 is 2.41 bits per heavy atom. The maximum absolute atomic E-state index is 12.6. The highest BCUT2D eigenvalue weighted by Gasteiger charge is 2.30. The van der Waals surface area contributed by atoms with E-state index in [1.807, 2.05) is 6.07 Å². The Bertz CT molecular complexity index is 858. The highest BCUT2D eigenvalue weighted by Crippen LogP contribution is 2.30. The molecule has 140 valence electrons. The molecule has 0 heterocycles. The van der Waals surface area contributed by atoms with E-state index < -0.39 is 36.8 Å². The summed E-state index contributed by atoms with van der Waals surface area (Å²) in [4.78, 5) is 23.2. The van der Waals surface area contributed by atoms with Crippen LogP contribution in [0.25, 0.3) is 0 Å². The van der Waals surface area contributed by atoms with Gasteiger partial charge in [-0.05, 0) is 42.5 Å². The Balaban J connectivity index is 1.78. The van der Waals surface area contributed by atoms with Crippen molar-refractivity contribution < 1.29 is 32.2 Å². The fraction of sp³-hybridized carbons (Fsp3) is 0.167. The minimum absolute atomic E-state index is 0.0697. The lowest BCUT2D eigenvalue weighted by atomic mass is 10.2. The molecule has 0 spiro atoms. The van der Waals surface area contributed by atoms with Crippen molar-refractivity contribution in [1.82, 2.24) is 0 Å². The first-order chi connectivity index (χ1) is 12.8. The standard InChI is InChI=1S/C18H13F3N2O4/c19-18(20,21)13-2-1-3-14(8-13)23-16(24)10-27-17(25)11-26-15-6-4-12(9-22)5-7-15/h1-8H,10-11H2,(H,23,24). The molecule has 0 aliphatic rings. The molecule has 1 amide bonds. The van der Waals surface area contributed by atoms with Crippen molar-refractivity contribution in [2.24, 2.45) is 0 Å². The van der Waals surface area contributed by atoms with Crippen LogP contribution in [0.4, 0.5) is 18.9 Å². The van der Waals surface area contributed by atoms with Crippen molar-refractivity contribution >= 4 is 17.6 Å². The van der Waals surface area contributed by atoms with Crippen LogP contribution in [0.15, 0.2) is 48.5 Å². The zero-order chi connectivity index (χ0) is 19.9. The molecule has 0 saturated carbocycles. The third kappa shape index (κ3) is 6.36. The molecule has 0 bridgehead atoms. The number of halogens is 3. The fourth-order valence-corrected chi connectivity index (χ4v) is 1.93. The normalized spacial score (nSPS) is 10.6. The van der Waals surface area contributed by atoms with E-state index in [4.69, 9.17) is 10.00 Å². The molecule has 0 radical (unpaired) electrons. The zero-order valence-electron chi connectivity index (χ0n) is 13.7. The summed E-state index contributed by atoms with van der Waals surface area (Å²) in [6, 6.07) is 12.0. The van der Waals surface area contributed by atoms with Gasteiger partial charge < -0.3 is 14.8 Å². The summed E-state index contributed by atoms with van der Waals surface area (Å²) < 4.78 is 47.7. The Morgan fingerprint density at radius 1 is 1.07 bits per heavy atom. The maximum Gasteiger partial charge on any atom is 0.416 e. The van der Waals surface area contributed by atoms with E-state index in [9.17, 15) is 22.8 Å². The number of amides is 1. The van der Waals surface area contributed by atoms with Crippen LogP contribution in [-0.2, 0) is 20.5 Å². The van der Waals surface area contributed by atoms with E-state index in [1.54, 1.807) is 0 Å². The molecule has 1 N–H and O–H groups in total. The fourth-order valence-electron chi connectivity index (χ4n) is 1.93. The van der Waals surface area contributed by atoms with Gasteiger partial charge in [-0.3, -0.25) is 4.79 Å². The quantitative estimate of drug-likeness (QED) is 0.780. The number of hydrogen-bond donors (Lipinski definition) is 1. The molecule has 0 aliphatic heterocycles. The van der Waals surface area contributed by atoms with Gasteiger partial charge in [-0.25, -0.2) is 4.79 Å². The highest BCUT2D eigenvalue weighted by molar-refractivity contribution is 5.92. The summed E-state index contributed by atoms with van der Waals surface area (Å²) >= 11 is 0. The summed E-state index contributed by atoms with van der Waals surface area (Å²) in [6.45, 7) is -1.14. The van der Waals surface area contributed by atoms with E-state index in [0.29, 0.717) is 11.3 Å². The van der Waals surface area contributed by atoms with Crippen LogP contribution in [0.5, 0.6) is 5.75 Å².